The molecule has 2 aromatic carbocycles. The van der Waals surface area contributed by atoms with Gasteiger partial charge in [-0.15, -0.1) is 0 Å². The summed E-state index contributed by atoms with van der Waals surface area (Å²) in [5.41, 5.74) is 3.49. The molecule has 0 atom stereocenters. The van der Waals surface area contributed by atoms with Gasteiger partial charge in [-0.1, -0.05) is 66.2 Å². The molecular weight excluding hydrogens is 260 g/mol. The first kappa shape index (κ1) is 13.5. The van der Waals surface area contributed by atoms with Gasteiger partial charge >= 0.3 is 0 Å². The Bertz CT molecular complexity index is 688. The molecule has 0 saturated heterocycles. The molecule has 0 fully saturated rings. The van der Waals surface area contributed by atoms with Crippen LogP contribution in [0.25, 0.3) is 0 Å². The largest absolute Gasteiger partial charge is 0.293 e. The van der Waals surface area contributed by atoms with E-state index in [1.54, 1.807) is 30.3 Å². The Morgan fingerprint density at radius 1 is 0.905 bits per heavy atom. The molecule has 1 aliphatic rings. The van der Waals surface area contributed by atoms with E-state index in [1.165, 1.54) is 11.1 Å². The average Bonchev–Trinajstić information content (AvgIpc) is 2.75. The van der Waals surface area contributed by atoms with E-state index in [0.29, 0.717) is 11.1 Å². The lowest BCUT2D eigenvalue weighted by Gasteiger charge is -2.00. The fourth-order valence-electron chi connectivity index (χ4n) is 2.61. The lowest BCUT2D eigenvalue weighted by molar-refractivity contribution is 0.0871. The number of ketones is 2. The van der Waals surface area contributed by atoms with Crippen LogP contribution in [0.4, 0.5) is 0 Å². The zero-order valence-electron chi connectivity index (χ0n) is 11.9. The summed E-state index contributed by atoms with van der Waals surface area (Å²) in [5, 5.41) is 0. The van der Waals surface area contributed by atoms with E-state index >= 15 is 0 Å². The zero-order valence-corrected chi connectivity index (χ0v) is 11.9. The molecule has 0 aliphatic heterocycles. The van der Waals surface area contributed by atoms with Gasteiger partial charge in [0.05, 0.1) is 0 Å². The number of carbonyl (C=O) groups excluding carboxylic acids is 2. The van der Waals surface area contributed by atoms with Gasteiger partial charge in [0.15, 0.2) is 11.6 Å². The first-order chi connectivity index (χ1) is 10.2. The van der Waals surface area contributed by atoms with Crippen molar-refractivity contribution >= 4 is 11.6 Å². The number of hydrogen-bond donors (Lipinski definition) is 0. The van der Waals surface area contributed by atoms with Crippen molar-refractivity contribution < 1.29 is 9.59 Å². The molecule has 0 radical (unpaired) electrons. The van der Waals surface area contributed by atoms with E-state index in [0.717, 1.165) is 6.42 Å². The molecule has 2 aromatic rings. The van der Waals surface area contributed by atoms with Crippen LogP contribution in [0.15, 0.2) is 60.7 Å². The van der Waals surface area contributed by atoms with E-state index in [-0.39, 0.29) is 11.6 Å². The minimum absolute atomic E-state index is 0.0873. The van der Waals surface area contributed by atoms with Crippen molar-refractivity contribution in [1.82, 2.24) is 0 Å². The number of Topliss-reactive ketones (excluding diaryl/α,β-unsaturated/α-hetero) is 2. The van der Waals surface area contributed by atoms with Crippen LogP contribution in [0.1, 0.15) is 31.8 Å². The maximum atomic E-state index is 12.2. The fraction of sp³-hybridized carbons (Fsp3) is 0.158. The maximum absolute atomic E-state index is 12.2. The summed E-state index contributed by atoms with van der Waals surface area (Å²) >= 11 is 0. The first-order valence-corrected chi connectivity index (χ1v) is 7.06. The minimum atomic E-state index is -0.646. The lowest BCUT2D eigenvalue weighted by atomic mass is 10.0. The fourth-order valence-corrected chi connectivity index (χ4v) is 2.61. The predicted octanol–water partition coefficient (Wildman–Crippen LogP) is 3.79. The van der Waals surface area contributed by atoms with Crippen molar-refractivity contribution in [2.45, 2.75) is 13.3 Å². The molecule has 0 bridgehead atoms. The van der Waals surface area contributed by atoms with Crippen molar-refractivity contribution in [3.63, 3.8) is 0 Å². The molecule has 0 saturated carbocycles. The van der Waals surface area contributed by atoms with Gasteiger partial charge < -0.3 is 0 Å². The van der Waals surface area contributed by atoms with Crippen LogP contribution in [-0.4, -0.2) is 11.6 Å². The molecule has 2 nitrogen and oxygen atoms in total. The summed E-state index contributed by atoms with van der Waals surface area (Å²) in [7, 11) is 0. The van der Waals surface area contributed by atoms with Crippen LogP contribution in [0.2, 0.25) is 0 Å². The Hall–Kier alpha value is -2.48. The predicted molar refractivity (Wildman–Crippen MR) is 82.6 cm³/mol. The topological polar surface area (TPSA) is 34.1 Å². The van der Waals surface area contributed by atoms with Gasteiger partial charge in [0.25, 0.3) is 0 Å². The van der Waals surface area contributed by atoms with Crippen LogP contribution in [0.5, 0.6) is 0 Å². The number of benzene rings is 2. The highest BCUT2D eigenvalue weighted by molar-refractivity contribution is 6.27. The highest BCUT2D eigenvalue weighted by atomic mass is 16.2. The van der Waals surface area contributed by atoms with E-state index < -0.39 is 5.92 Å². The van der Waals surface area contributed by atoms with E-state index in [2.05, 4.69) is 24.3 Å². The van der Waals surface area contributed by atoms with Crippen LogP contribution >= 0.6 is 0 Å². The second kappa shape index (κ2) is 5.49. The molecule has 0 spiro atoms. The molecule has 0 unspecified atom stereocenters. The molecule has 0 aromatic heterocycles. The SMILES string of the molecule is Cc1ccc(CC=CC2C(=O)c3ccccc3C2=O)cc1. The van der Waals surface area contributed by atoms with Gasteiger partial charge in [-0.25, -0.2) is 0 Å². The number of rotatable bonds is 3. The van der Waals surface area contributed by atoms with Gasteiger partial charge in [0.2, 0.25) is 0 Å². The van der Waals surface area contributed by atoms with E-state index in [9.17, 15) is 9.59 Å². The average molecular weight is 276 g/mol. The molecule has 0 amide bonds. The Balaban J connectivity index is 1.74. The third-order valence-electron chi connectivity index (χ3n) is 3.83. The van der Waals surface area contributed by atoms with Crippen molar-refractivity contribution in [3.8, 4) is 0 Å². The molecule has 0 N–H and O–H groups in total. The van der Waals surface area contributed by atoms with E-state index in [1.807, 2.05) is 13.0 Å². The van der Waals surface area contributed by atoms with Gasteiger partial charge in [-0.3, -0.25) is 9.59 Å². The van der Waals surface area contributed by atoms with Gasteiger partial charge in [-0.2, -0.15) is 0 Å². The molecule has 3 rings (SSSR count). The first-order valence-electron chi connectivity index (χ1n) is 7.06. The van der Waals surface area contributed by atoms with Crippen molar-refractivity contribution in [1.29, 1.82) is 0 Å². The maximum Gasteiger partial charge on any atom is 0.178 e. The normalized spacial score (nSPS) is 14.9. The highest BCUT2D eigenvalue weighted by Crippen LogP contribution is 2.27. The Morgan fingerprint density at radius 3 is 2.05 bits per heavy atom. The highest BCUT2D eigenvalue weighted by Gasteiger charge is 2.36. The summed E-state index contributed by atoms with van der Waals surface area (Å²) in [6.45, 7) is 2.05. The Morgan fingerprint density at radius 2 is 1.48 bits per heavy atom. The lowest BCUT2D eigenvalue weighted by Crippen LogP contribution is -2.11. The molecule has 1 aliphatic carbocycles. The molecular formula is C19H16O2. The monoisotopic (exact) mass is 276 g/mol. The van der Waals surface area contributed by atoms with Crippen molar-refractivity contribution in [2.75, 3.05) is 0 Å². The number of hydrogen-bond acceptors (Lipinski definition) is 2. The number of allylic oxidation sites excluding steroid dienone is 2. The third kappa shape index (κ3) is 2.57. The van der Waals surface area contributed by atoms with Gasteiger partial charge in [0, 0.05) is 11.1 Å². The number of fused-ring (bicyclic) bond motifs is 1. The summed E-state index contributed by atoms with van der Waals surface area (Å²) in [6.07, 6.45) is 4.38. The Kier molecular flexibility index (Phi) is 3.53. The van der Waals surface area contributed by atoms with E-state index in [4.69, 9.17) is 0 Å². The van der Waals surface area contributed by atoms with Gasteiger partial charge in [-0.05, 0) is 18.9 Å². The number of carbonyl (C=O) groups is 2. The summed E-state index contributed by atoms with van der Waals surface area (Å²) in [4.78, 5) is 24.4. The molecule has 104 valence electrons. The summed E-state index contributed by atoms with van der Waals surface area (Å²) in [5.74, 6) is -0.820. The third-order valence-corrected chi connectivity index (χ3v) is 3.83. The van der Waals surface area contributed by atoms with Crippen molar-refractivity contribution in [2.24, 2.45) is 5.92 Å². The quantitative estimate of drug-likeness (QED) is 0.631. The molecule has 0 heterocycles. The second-order valence-electron chi connectivity index (χ2n) is 5.37. The van der Waals surface area contributed by atoms with Crippen LogP contribution in [0.3, 0.4) is 0 Å². The smallest absolute Gasteiger partial charge is 0.178 e. The standard InChI is InChI=1S/C19H16O2/c1-13-9-11-14(12-10-13)5-4-8-17-18(20)15-6-2-3-7-16(15)19(17)21/h2-4,6-12,17H,5H2,1H3. The van der Waals surface area contributed by atoms with Crippen LogP contribution in [0, 0.1) is 12.8 Å². The van der Waals surface area contributed by atoms with Gasteiger partial charge in [0.1, 0.15) is 5.92 Å². The number of aryl methyl sites for hydroxylation is 1. The van der Waals surface area contributed by atoms with Crippen LogP contribution < -0.4 is 0 Å². The summed E-state index contributed by atoms with van der Waals surface area (Å²) < 4.78 is 0. The minimum Gasteiger partial charge on any atom is -0.293 e. The van der Waals surface area contributed by atoms with Crippen LogP contribution in [-0.2, 0) is 6.42 Å². The Labute approximate surface area is 124 Å². The molecule has 21 heavy (non-hydrogen) atoms. The molecule has 2 heteroatoms. The zero-order chi connectivity index (χ0) is 14.8. The van der Waals surface area contributed by atoms with Crippen molar-refractivity contribution in [3.05, 3.63) is 82.9 Å². The summed E-state index contributed by atoms with van der Waals surface area (Å²) in [6, 6.07) is 15.3. The second-order valence-corrected chi connectivity index (χ2v) is 5.37.